The molecule has 15 heavy (non-hydrogen) atoms. The van der Waals surface area contributed by atoms with E-state index in [1.54, 1.807) is 0 Å². The lowest BCUT2D eigenvalue weighted by Crippen LogP contribution is -1.98. The average Bonchev–Trinajstić information content (AvgIpc) is 2.20. The first-order valence-corrected chi connectivity index (χ1v) is 3.66. The number of nitro groups is 1. The van der Waals surface area contributed by atoms with Crippen LogP contribution in [0.2, 0.25) is 0 Å². The van der Waals surface area contributed by atoms with Gasteiger partial charge in [-0.2, -0.15) is 9.65 Å². The van der Waals surface area contributed by atoms with Crippen LogP contribution in [-0.2, 0) is 0 Å². The SMILES string of the molecule is COc1cc(C#N)c([N+](=O)[O-])c(F)c1O. The summed E-state index contributed by atoms with van der Waals surface area (Å²) in [5, 5.41) is 28.1. The monoisotopic (exact) mass is 212 g/mol. The van der Waals surface area contributed by atoms with E-state index in [0.29, 0.717) is 0 Å². The second-order valence-corrected chi connectivity index (χ2v) is 2.51. The number of halogens is 1. The predicted octanol–water partition coefficient (Wildman–Crippen LogP) is 1.32. The number of nitrogens with zero attached hydrogens (tertiary/aromatic N) is 2. The van der Waals surface area contributed by atoms with Gasteiger partial charge in [0.2, 0.25) is 11.6 Å². The van der Waals surface area contributed by atoms with Gasteiger partial charge < -0.3 is 9.84 Å². The van der Waals surface area contributed by atoms with Crippen molar-refractivity contribution in [3.05, 3.63) is 27.6 Å². The van der Waals surface area contributed by atoms with Gasteiger partial charge in [0.25, 0.3) is 0 Å². The first-order chi connectivity index (χ1) is 7.02. The minimum Gasteiger partial charge on any atom is -0.502 e. The van der Waals surface area contributed by atoms with E-state index >= 15 is 0 Å². The van der Waals surface area contributed by atoms with Crippen LogP contribution >= 0.6 is 0 Å². The number of benzene rings is 1. The highest BCUT2D eigenvalue weighted by molar-refractivity contribution is 5.59. The van der Waals surface area contributed by atoms with Gasteiger partial charge in [-0.25, -0.2) is 0 Å². The van der Waals surface area contributed by atoms with E-state index in [9.17, 15) is 14.5 Å². The molecule has 7 heteroatoms. The molecule has 0 aliphatic carbocycles. The molecule has 0 atom stereocenters. The maximum Gasteiger partial charge on any atom is 0.326 e. The Morgan fingerprint density at radius 2 is 2.33 bits per heavy atom. The van der Waals surface area contributed by atoms with Crippen LogP contribution in [-0.4, -0.2) is 17.1 Å². The minimum absolute atomic E-state index is 0.324. The molecule has 0 amide bonds. The molecule has 0 fully saturated rings. The summed E-state index contributed by atoms with van der Waals surface area (Å²) in [6.07, 6.45) is 0. The molecule has 0 bridgehead atoms. The van der Waals surface area contributed by atoms with Crippen molar-refractivity contribution in [3.8, 4) is 17.6 Å². The van der Waals surface area contributed by atoms with E-state index in [4.69, 9.17) is 10.4 Å². The van der Waals surface area contributed by atoms with Crippen LogP contribution in [0.25, 0.3) is 0 Å². The molecule has 1 aromatic rings. The normalized spacial score (nSPS) is 9.40. The third-order valence-electron chi connectivity index (χ3n) is 1.70. The zero-order valence-electron chi connectivity index (χ0n) is 7.52. The summed E-state index contributed by atoms with van der Waals surface area (Å²) in [7, 11) is 1.14. The highest BCUT2D eigenvalue weighted by atomic mass is 19.1. The molecule has 0 aromatic heterocycles. The molecular formula is C8H5FN2O4. The van der Waals surface area contributed by atoms with Gasteiger partial charge in [-0.15, -0.1) is 0 Å². The van der Waals surface area contributed by atoms with Crippen LogP contribution in [0.4, 0.5) is 10.1 Å². The Morgan fingerprint density at radius 1 is 1.73 bits per heavy atom. The molecule has 0 radical (unpaired) electrons. The van der Waals surface area contributed by atoms with Crippen molar-refractivity contribution in [2.24, 2.45) is 0 Å². The number of hydrogen-bond donors (Lipinski definition) is 1. The third-order valence-corrected chi connectivity index (χ3v) is 1.70. The molecule has 0 saturated carbocycles. The van der Waals surface area contributed by atoms with Gasteiger partial charge in [-0.05, 0) is 0 Å². The van der Waals surface area contributed by atoms with Crippen molar-refractivity contribution in [2.75, 3.05) is 7.11 Å². The maximum absolute atomic E-state index is 13.2. The Bertz CT molecular complexity index is 467. The van der Waals surface area contributed by atoms with Gasteiger partial charge in [0.15, 0.2) is 5.75 Å². The Balaban J connectivity index is 3.61. The quantitative estimate of drug-likeness (QED) is 0.589. The lowest BCUT2D eigenvalue weighted by atomic mass is 10.1. The average molecular weight is 212 g/mol. The van der Waals surface area contributed by atoms with Crippen LogP contribution in [0.5, 0.6) is 11.5 Å². The van der Waals surface area contributed by atoms with Gasteiger partial charge in [0.1, 0.15) is 11.6 Å². The second kappa shape index (κ2) is 3.79. The smallest absolute Gasteiger partial charge is 0.326 e. The fourth-order valence-electron chi connectivity index (χ4n) is 1.03. The molecule has 0 aliphatic heterocycles. The minimum atomic E-state index is -1.48. The summed E-state index contributed by atoms with van der Waals surface area (Å²) in [6, 6.07) is 2.35. The van der Waals surface area contributed by atoms with Crippen molar-refractivity contribution in [2.45, 2.75) is 0 Å². The highest BCUT2D eigenvalue weighted by Gasteiger charge is 2.27. The fourth-order valence-corrected chi connectivity index (χ4v) is 1.03. The largest absolute Gasteiger partial charge is 0.502 e. The Hall–Kier alpha value is -2.36. The highest BCUT2D eigenvalue weighted by Crippen LogP contribution is 2.37. The number of nitro benzene ring substituents is 1. The molecule has 6 nitrogen and oxygen atoms in total. The summed E-state index contributed by atoms with van der Waals surface area (Å²) in [5.74, 6) is -2.78. The molecule has 0 unspecified atom stereocenters. The van der Waals surface area contributed by atoms with Crippen molar-refractivity contribution in [1.29, 1.82) is 5.26 Å². The van der Waals surface area contributed by atoms with Crippen molar-refractivity contribution >= 4 is 5.69 Å². The fraction of sp³-hybridized carbons (Fsp3) is 0.125. The molecule has 0 aliphatic rings. The van der Waals surface area contributed by atoms with Gasteiger partial charge >= 0.3 is 5.69 Å². The van der Waals surface area contributed by atoms with Gasteiger partial charge in [0.05, 0.1) is 12.0 Å². The third kappa shape index (κ3) is 1.65. The molecule has 1 rings (SSSR count). The van der Waals surface area contributed by atoms with Gasteiger partial charge in [-0.1, -0.05) is 0 Å². The number of phenols is 1. The molecule has 0 saturated heterocycles. The summed E-state index contributed by atoms with van der Waals surface area (Å²) >= 11 is 0. The van der Waals surface area contributed by atoms with Gasteiger partial charge in [0, 0.05) is 6.07 Å². The van der Waals surface area contributed by atoms with Crippen LogP contribution in [0.1, 0.15) is 5.56 Å². The first-order valence-electron chi connectivity index (χ1n) is 3.66. The number of hydrogen-bond acceptors (Lipinski definition) is 5. The standard InChI is InChI=1S/C8H5FN2O4/c1-15-5-2-4(3-10)7(11(13)14)6(9)8(5)12/h2,12H,1H3. The number of methoxy groups -OCH3 is 1. The van der Waals surface area contributed by atoms with E-state index in [2.05, 4.69) is 4.74 Å². The number of aromatic hydroxyl groups is 1. The lowest BCUT2D eigenvalue weighted by molar-refractivity contribution is -0.387. The molecule has 0 heterocycles. The topological polar surface area (TPSA) is 96.4 Å². The number of phenolic OH excluding ortho intramolecular Hbond substituents is 1. The summed E-state index contributed by atoms with van der Waals surface area (Å²) < 4.78 is 17.8. The van der Waals surface area contributed by atoms with Crippen LogP contribution in [0, 0.1) is 27.3 Å². The summed E-state index contributed by atoms with van der Waals surface area (Å²) in [5.41, 5.74) is -1.57. The van der Waals surface area contributed by atoms with E-state index in [0.717, 1.165) is 13.2 Å². The molecule has 78 valence electrons. The number of rotatable bonds is 2. The van der Waals surface area contributed by atoms with Crippen molar-refractivity contribution in [1.82, 2.24) is 0 Å². The van der Waals surface area contributed by atoms with Crippen molar-refractivity contribution < 1.29 is 19.2 Å². The van der Waals surface area contributed by atoms with Gasteiger partial charge in [-0.3, -0.25) is 10.1 Å². The molecular weight excluding hydrogens is 207 g/mol. The Kier molecular flexibility index (Phi) is 2.71. The van der Waals surface area contributed by atoms with E-state index < -0.39 is 27.7 Å². The Morgan fingerprint density at radius 3 is 2.73 bits per heavy atom. The van der Waals surface area contributed by atoms with E-state index in [-0.39, 0.29) is 5.75 Å². The van der Waals surface area contributed by atoms with Crippen LogP contribution in [0.15, 0.2) is 6.07 Å². The molecule has 0 spiro atoms. The van der Waals surface area contributed by atoms with E-state index in [1.807, 2.05) is 0 Å². The summed E-state index contributed by atoms with van der Waals surface area (Å²) in [4.78, 5) is 9.34. The molecule has 1 N–H and O–H groups in total. The maximum atomic E-state index is 13.2. The lowest BCUT2D eigenvalue weighted by Gasteiger charge is -2.05. The first kappa shape index (κ1) is 10.7. The molecule has 1 aromatic carbocycles. The van der Waals surface area contributed by atoms with Crippen molar-refractivity contribution in [3.63, 3.8) is 0 Å². The zero-order chi connectivity index (χ0) is 11.6. The number of ether oxygens (including phenoxy) is 1. The zero-order valence-corrected chi connectivity index (χ0v) is 7.52. The van der Waals surface area contributed by atoms with Crippen LogP contribution < -0.4 is 4.74 Å². The Labute approximate surface area is 83.3 Å². The predicted molar refractivity (Wildman–Crippen MR) is 46.0 cm³/mol. The summed E-state index contributed by atoms with van der Waals surface area (Å²) in [6.45, 7) is 0. The van der Waals surface area contributed by atoms with Crippen LogP contribution in [0.3, 0.4) is 0 Å². The van der Waals surface area contributed by atoms with E-state index in [1.165, 1.54) is 6.07 Å². The number of nitriles is 1. The second-order valence-electron chi connectivity index (χ2n) is 2.51.